The maximum absolute atomic E-state index is 13.3. The molecule has 0 aliphatic rings. The summed E-state index contributed by atoms with van der Waals surface area (Å²) in [5.74, 6) is 0. The van der Waals surface area contributed by atoms with E-state index in [1.807, 2.05) is 84.9 Å². The molecule has 5 aromatic carbocycles. The quantitative estimate of drug-likeness (QED) is 0.193. The van der Waals surface area contributed by atoms with E-state index >= 15 is 0 Å². The van der Waals surface area contributed by atoms with Crippen LogP contribution in [0.25, 0.3) is 55.5 Å². The third-order valence-corrected chi connectivity index (χ3v) is 7.11. The summed E-state index contributed by atoms with van der Waals surface area (Å²) < 4.78 is 79.9. The molecule has 0 fully saturated rings. The molecule has 1 nitrogen and oxygen atoms in total. The van der Waals surface area contributed by atoms with Gasteiger partial charge in [-0.05, 0) is 69.8 Å². The molecular weight excluding hydrogens is 548 g/mol. The molecule has 208 valence electrons. The summed E-state index contributed by atoms with van der Waals surface area (Å²) in [6.45, 7) is 0. The molecule has 1 aromatic heterocycles. The van der Waals surface area contributed by atoms with Crippen LogP contribution in [-0.2, 0) is 12.4 Å². The Morgan fingerprint density at radius 2 is 0.881 bits per heavy atom. The zero-order chi connectivity index (χ0) is 29.5. The predicted octanol–water partition coefficient (Wildman–Crippen LogP) is 10.9. The Labute approximate surface area is 237 Å². The van der Waals surface area contributed by atoms with E-state index in [9.17, 15) is 26.3 Å². The Bertz CT molecular complexity index is 1850. The Balaban J connectivity index is 1.27. The number of pyridine rings is 1. The molecule has 0 radical (unpaired) electrons. The van der Waals surface area contributed by atoms with E-state index in [0.717, 1.165) is 56.5 Å². The lowest BCUT2D eigenvalue weighted by molar-refractivity contribution is -0.143. The van der Waals surface area contributed by atoms with Gasteiger partial charge in [0.25, 0.3) is 0 Å². The van der Waals surface area contributed by atoms with Crippen molar-refractivity contribution in [1.29, 1.82) is 0 Å². The van der Waals surface area contributed by atoms with E-state index in [1.54, 1.807) is 12.1 Å². The van der Waals surface area contributed by atoms with Crippen LogP contribution in [0.5, 0.6) is 0 Å². The van der Waals surface area contributed by atoms with Crippen molar-refractivity contribution in [2.45, 2.75) is 12.4 Å². The van der Waals surface area contributed by atoms with Crippen molar-refractivity contribution >= 4 is 10.9 Å². The van der Waals surface area contributed by atoms with Gasteiger partial charge in [-0.1, -0.05) is 91.0 Å². The fraction of sp³-hybridized carbons (Fsp3) is 0.0571. The topological polar surface area (TPSA) is 12.9 Å². The number of benzene rings is 5. The van der Waals surface area contributed by atoms with Crippen LogP contribution in [0.15, 0.2) is 127 Å². The van der Waals surface area contributed by atoms with Gasteiger partial charge >= 0.3 is 12.4 Å². The van der Waals surface area contributed by atoms with Crippen LogP contribution >= 0.6 is 0 Å². The Morgan fingerprint density at radius 3 is 1.43 bits per heavy atom. The molecule has 6 aromatic rings. The number of alkyl halides is 6. The third-order valence-electron chi connectivity index (χ3n) is 7.11. The largest absolute Gasteiger partial charge is 0.416 e. The van der Waals surface area contributed by atoms with Crippen molar-refractivity contribution in [2.24, 2.45) is 0 Å². The van der Waals surface area contributed by atoms with Crippen LogP contribution in [-0.4, -0.2) is 4.98 Å². The lowest BCUT2D eigenvalue weighted by Gasteiger charge is -2.14. The molecule has 0 N–H and O–H groups in total. The fourth-order valence-electron chi connectivity index (χ4n) is 4.92. The van der Waals surface area contributed by atoms with E-state index in [0.29, 0.717) is 0 Å². The van der Waals surface area contributed by atoms with Crippen molar-refractivity contribution in [1.82, 2.24) is 4.98 Å². The van der Waals surface area contributed by atoms with Crippen LogP contribution in [0.4, 0.5) is 26.3 Å². The highest BCUT2D eigenvalue weighted by Crippen LogP contribution is 2.39. The second kappa shape index (κ2) is 10.5. The molecule has 0 bridgehead atoms. The number of hydrogen-bond acceptors (Lipinski definition) is 1. The number of aromatic nitrogens is 1. The van der Waals surface area contributed by atoms with Gasteiger partial charge in [-0.2, -0.15) is 26.3 Å². The van der Waals surface area contributed by atoms with Crippen LogP contribution < -0.4 is 0 Å². The van der Waals surface area contributed by atoms with E-state index in [4.69, 9.17) is 4.98 Å². The highest BCUT2D eigenvalue weighted by molar-refractivity contribution is 5.82. The summed E-state index contributed by atoms with van der Waals surface area (Å²) in [7, 11) is 0. The molecular formula is C35H21F6N. The van der Waals surface area contributed by atoms with Crippen LogP contribution in [0.2, 0.25) is 0 Å². The molecule has 6 rings (SSSR count). The highest BCUT2D eigenvalue weighted by Gasteiger charge is 2.37. The first-order chi connectivity index (χ1) is 20.0. The lowest BCUT2D eigenvalue weighted by atomic mass is 9.95. The number of rotatable bonds is 4. The summed E-state index contributed by atoms with van der Waals surface area (Å²) in [6.07, 6.45) is -9.80. The second-order valence-corrected chi connectivity index (χ2v) is 9.92. The minimum absolute atomic E-state index is 0.133. The maximum atomic E-state index is 13.3. The summed E-state index contributed by atoms with van der Waals surface area (Å²) in [5.41, 5.74) is 3.79. The van der Waals surface area contributed by atoms with Crippen LogP contribution in [0, 0.1) is 0 Å². The van der Waals surface area contributed by atoms with Gasteiger partial charge in [0.15, 0.2) is 0 Å². The van der Waals surface area contributed by atoms with E-state index < -0.39 is 23.5 Å². The Morgan fingerprint density at radius 1 is 0.381 bits per heavy atom. The molecule has 0 saturated carbocycles. The molecule has 0 spiro atoms. The number of fused-ring (bicyclic) bond motifs is 1. The van der Waals surface area contributed by atoms with Crippen molar-refractivity contribution in [2.75, 3.05) is 0 Å². The first kappa shape index (κ1) is 27.3. The molecule has 1 heterocycles. The normalized spacial score (nSPS) is 12.0. The smallest absolute Gasteiger partial charge is 0.248 e. The number of para-hydroxylation sites is 1. The summed E-state index contributed by atoms with van der Waals surface area (Å²) in [6, 6.07) is 35.8. The summed E-state index contributed by atoms with van der Waals surface area (Å²) >= 11 is 0. The third kappa shape index (κ3) is 5.63. The Hall–Kier alpha value is -4.91. The fourth-order valence-corrected chi connectivity index (χ4v) is 4.92. The zero-order valence-corrected chi connectivity index (χ0v) is 21.8. The van der Waals surface area contributed by atoms with Gasteiger partial charge in [0, 0.05) is 10.9 Å². The van der Waals surface area contributed by atoms with Gasteiger partial charge in [-0.25, -0.2) is 4.98 Å². The molecule has 0 saturated heterocycles. The number of halogens is 6. The monoisotopic (exact) mass is 569 g/mol. The van der Waals surface area contributed by atoms with Crippen molar-refractivity contribution < 1.29 is 26.3 Å². The molecule has 0 atom stereocenters. The van der Waals surface area contributed by atoms with Crippen molar-refractivity contribution in [3.05, 3.63) is 139 Å². The maximum Gasteiger partial charge on any atom is 0.416 e. The zero-order valence-electron chi connectivity index (χ0n) is 21.8. The number of hydrogen-bond donors (Lipinski definition) is 0. The van der Waals surface area contributed by atoms with E-state index in [-0.39, 0.29) is 17.2 Å². The molecule has 42 heavy (non-hydrogen) atoms. The first-order valence-corrected chi connectivity index (χ1v) is 13.0. The van der Waals surface area contributed by atoms with Crippen LogP contribution in [0.1, 0.15) is 11.1 Å². The minimum Gasteiger partial charge on any atom is -0.248 e. The summed E-state index contributed by atoms with van der Waals surface area (Å²) in [5, 5.41) is 1.07. The SMILES string of the molecule is FC(F)(F)c1cc(-c2ccc(-c3cccc(-c4ccc(-c5ccc6ccccc6n5)cc4)c3)cc2)cc(C(F)(F)F)c1. The first-order valence-electron chi connectivity index (χ1n) is 13.0. The number of nitrogens with zero attached hydrogens (tertiary/aromatic N) is 1. The van der Waals surface area contributed by atoms with Gasteiger partial charge in [-0.15, -0.1) is 0 Å². The van der Waals surface area contributed by atoms with Crippen molar-refractivity contribution in [3.63, 3.8) is 0 Å². The van der Waals surface area contributed by atoms with Crippen molar-refractivity contribution in [3.8, 4) is 44.6 Å². The second-order valence-electron chi connectivity index (χ2n) is 9.92. The summed E-state index contributed by atoms with van der Waals surface area (Å²) in [4.78, 5) is 4.75. The van der Waals surface area contributed by atoms with E-state index in [1.165, 1.54) is 12.1 Å². The van der Waals surface area contributed by atoms with Crippen LogP contribution in [0.3, 0.4) is 0 Å². The molecule has 0 aliphatic carbocycles. The highest BCUT2D eigenvalue weighted by atomic mass is 19.4. The van der Waals surface area contributed by atoms with Gasteiger partial charge < -0.3 is 0 Å². The Kier molecular flexibility index (Phi) is 6.81. The molecule has 0 aliphatic heterocycles. The molecule has 0 unspecified atom stereocenters. The predicted molar refractivity (Wildman–Crippen MR) is 153 cm³/mol. The van der Waals surface area contributed by atoms with Gasteiger partial charge in [0.2, 0.25) is 0 Å². The van der Waals surface area contributed by atoms with E-state index in [2.05, 4.69) is 0 Å². The minimum atomic E-state index is -4.90. The van der Waals surface area contributed by atoms with Gasteiger partial charge in [0.05, 0.1) is 22.3 Å². The molecule has 0 amide bonds. The van der Waals surface area contributed by atoms with Gasteiger partial charge in [0.1, 0.15) is 0 Å². The average molecular weight is 570 g/mol. The standard InChI is InChI=1S/C35H21F6N/c36-34(37,38)30-19-29(20-31(21-30)35(39,40)41)24-10-8-22(9-11-24)27-5-3-6-28(18-27)23-12-14-26(15-13-23)33-17-16-25-4-1-2-7-32(25)42-33/h1-21H. The lowest BCUT2D eigenvalue weighted by Crippen LogP contribution is -2.11. The average Bonchev–Trinajstić information content (AvgIpc) is 3.00. The molecule has 7 heteroatoms. The van der Waals surface area contributed by atoms with Gasteiger partial charge in [-0.3, -0.25) is 0 Å².